The third-order valence-corrected chi connectivity index (χ3v) is 6.36. The molecule has 1 heterocycles. The van der Waals surface area contributed by atoms with Crippen molar-refractivity contribution < 1.29 is 18.6 Å². The minimum atomic E-state index is -2.80. The summed E-state index contributed by atoms with van der Waals surface area (Å²) in [4.78, 5) is 12.0. The first-order valence-electron chi connectivity index (χ1n) is 7.98. The molecule has 126 valence electrons. The molecule has 1 saturated heterocycles. The van der Waals surface area contributed by atoms with Crippen LogP contribution in [-0.2, 0) is 4.74 Å². The van der Waals surface area contributed by atoms with Gasteiger partial charge in [0.05, 0.1) is 24.1 Å². The fourth-order valence-corrected chi connectivity index (χ4v) is 4.89. The Labute approximate surface area is 138 Å². The van der Waals surface area contributed by atoms with Crippen molar-refractivity contribution in [3.63, 3.8) is 0 Å². The van der Waals surface area contributed by atoms with Gasteiger partial charge in [-0.2, -0.15) is 0 Å². The van der Waals surface area contributed by atoms with Gasteiger partial charge >= 0.3 is 5.97 Å². The molecule has 3 rings (SSSR count). The Morgan fingerprint density at radius 2 is 2.04 bits per heavy atom. The number of rotatable bonds is 3. The molecule has 2 N–H and O–H groups in total. The number of hydrogen-bond donors (Lipinski definition) is 2. The first-order valence-corrected chi connectivity index (χ1v) is 9.65. The maximum Gasteiger partial charge on any atom is 0.337 e. The molecule has 1 aromatic rings. The van der Waals surface area contributed by atoms with Crippen molar-refractivity contribution in [1.82, 2.24) is 0 Å². The molecule has 1 aliphatic carbocycles. The maximum atomic E-state index is 12.0. The summed E-state index contributed by atoms with van der Waals surface area (Å²) in [5.74, 6) is -0.0202. The van der Waals surface area contributed by atoms with Crippen LogP contribution in [0.3, 0.4) is 0 Å². The molecular weight excluding hydrogens is 314 g/mol. The average molecular weight is 337 g/mol. The predicted molar refractivity (Wildman–Crippen MR) is 93.9 cm³/mol. The van der Waals surface area contributed by atoms with Crippen molar-refractivity contribution in [3.05, 3.63) is 35.4 Å². The van der Waals surface area contributed by atoms with E-state index >= 15 is 0 Å². The Kier molecular flexibility index (Phi) is 4.66. The first-order chi connectivity index (χ1) is 11.0. The first kappa shape index (κ1) is 16.4. The van der Waals surface area contributed by atoms with E-state index < -0.39 is 16.7 Å². The second kappa shape index (κ2) is 6.55. The minimum Gasteiger partial charge on any atom is -0.465 e. The van der Waals surface area contributed by atoms with E-state index in [9.17, 15) is 13.9 Å². The molecule has 0 spiro atoms. The number of ether oxygens (including phenoxy) is 1. The van der Waals surface area contributed by atoms with Gasteiger partial charge in [0.1, 0.15) is 0 Å². The molecule has 0 radical (unpaired) electrons. The summed E-state index contributed by atoms with van der Waals surface area (Å²) in [6.07, 6.45) is 7.07. The molecule has 0 aromatic heterocycles. The molecule has 1 fully saturated rings. The van der Waals surface area contributed by atoms with E-state index in [-0.39, 0.29) is 0 Å². The monoisotopic (exact) mass is 337 g/mol. The molecule has 6 heteroatoms. The zero-order chi connectivity index (χ0) is 16.4. The number of carbonyl (C=O) groups is 1. The highest BCUT2D eigenvalue weighted by Gasteiger charge is 2.28. The number of hydrogen-bond acceptors (Lipinski definition) is 5. The van der Waals surface area contributed by atoms with E-state index in [0.717, 1.165) is 37.7 Å². The summed E-state index contributed by atoms with van der Waals surface area (Å²) in [6.45, 7) is 0.589. The van der Waals surface area contributed by atoms with Crippen LogP contribution >= 0.6 is 10.8 Å². The van der Waals surface area contributed by atoms with Crippen LogP contribution in [-0.4, -0.2) is 34.5 Å². The van der Waals surface area contributed by atoms with Gasteiger partial charge in [0.2, 0.25) is 0 Å². The number of esters is 1. The second-order valence-corrected chi connectivity index (χ2v) is 8.14. The van der Waals surface area contributed by atoms with Gasteiger partial charge < -0.3 is 4.74 Å². The van der Waals surface area contributed by atoms with Crippen LogP contribution in [0.4, 0.5) is 5.69 Å². The molecule has 0 bridgehead atoms. The fourth-order valence-electron chi connectivity index (χ4n) is 3.21. The summed E-state index contributed by atoms with van der Waals surface area (Å²) in [5.41, 5.74) is 3.33. The van der Waals surface area contributed by atoms with Crippen molar-refractivity contribution in [2.24, 2.45) is 0 Å². The third-order valence-electron chi connectivity index (χ3n) is 4.42. The lowest BCUT2D eigenvalue weighted by atomic mass is 10.0. The van der Waals surface area contributed by atoms with Gasteiger partial charge in [0.15, 0.2) is 0 Å². The van der Waals surface area contributed by atoms with Crippen molar-refractivity contribution in [2.45, 2.75) is 32.1 Å². The molecule has 0 saturated carbocycles. The van der Waals surface area contributed by atoms with Crippen LogP contribution in [0, 0.1) is 0 Å². The highest BCUT2D eigenvalue weighted by Crippen LogP contribution is 2.50. The smallest absolute Gasteiger partial charge is 0.337 e. The van der Waals surface area contributed by atoms with Crippen molar-refractivity contribution in [2.75, 3.05) is 23.7 Å². The number of methoxy groups -OCH3 is 1. The average Bonchev–Trinajstić information content (AvgIpc) is 3.07. The SMILES string of the molecule is COC(=O)c1cc(C2=CCCC2)cc(N2CCCCS2(O)O)c1. The number of benzene rings is 1. The van der Waals surface area contributed by atoms with Gasteiger partial charge in [-0.25, -0.2) is 4.79 Å². The molecule has 1 aliphatic heterocycles. The fraction of sp³-hybridized carbons (Fsp3) is 0.471. The molecule has 0 amide bonds. The minimum absolute atomic E-state index is 0.382. The summed E-state index contributed by atoms with van der Waals surface area (Å²) < 4.78 is 27.2. The number of anilines is 1. The van der Waals surface area contributed by atoms with Gasteiger partial charge in [0, 0.05) is 6.54 Å². The molecule has 1 aromatic carbocycles. The quantitative estimate of drug-likeness (QED) is 0.805. The van der Waals surface area contributed by atoms with Crippen molar-refractivity contribution in [3.8, 4) is 0 Å². The lowest BCUT2D eigenvalue weighted by molar-refractivity contribution is 0.0600. The van der Waals surface area contributed by atoms with Crippen molar-refractivity contribution in [1.29, 1.82) is 0 Å². The van der Waals surface area contributed by atoms with E-state index in [1.165, 1.54) is 12.7 Å². The zero-order valence-corrected chi connectivity index (χ0v) is 14.1. The van der Waals surface area contributed by atoms with Gasteiger partial charge in [0.25, 0.3) is 0 Å². The zero-order valence-electron chi connectivity index (χ0n) is 13.3. The number of allylic oxidation sites excluding steroid dienone is 2. The van der Waals surface area contributed by atoms with E-state index in [2.05, 4.69) is 6.08 Å². The second-order valence-electron chi connectivity index (χ2n) is 6.03. The Bertz CT molecular complexity index is 641. The Morgan fingerprint density at radius 1 is 1.22 bits per heavy atom. The van der Waals surface area contributed by atoms with Gasteiger partial charge in [-0.1, -0.05) is 6.08 Å². The molecular formula is C17H23NO4S. The van der Waals surface area contributed by atoms with Crippen LogP contribution in [0.5, 0.6) is 0 Å². The molecule has 23 heavy (non-hydrogen) atoms. The van der Waals surface area contributed by atoms with Gasteiger partial charge in [-0.05, 0) is 61.4 Å². The van der Waals surface area contributed by atoms with Crippen LogP contribution in [0.1, 0.15) is 48.0 Å². The molecule has 5 nitrogen and oxygen atoms in total. The Hall–Kier alpha value is -1.50. The standard InChI is InChI=1S/C17H23NO4S/c1-22-17(19)15-10-14(13-6-2-3-7-13)11-16(12-15)18-8-4-5-9-23(18,20)21/h6,10-12,20-21H,2-5,7-9H2,1H3. The molecule has 0 atom stereocenters. The number of carbonyl (C=O) groups excluding carboxylic acids is 1. The van der Waals surface area contributed by atoms with E-state index in [0.29, 0.717) is 23.5 Å². The summed E-state index contributed by atoms with van der Waals surface area (Å²) in [5, 5.41) is 0. The van der Waals surface area contributed by atoms with Crippen molar-refractivity contribution >= 4 is 28.0 Å². The van der Waals surface area contributed by atoms with Crippen LogP contribution in [0.2, 0.25) is 0 Å². The summed E-state index contributed by atoms with van der Waals surface area (Å²) in [6, 6.07) is 5.50. The topological polar surface area (TPSA) is 70.0 Å². The van der Waals surface area contributed by atoms with Gasteiger partial charge in [-0.15, -0.1) is 10.8 Å². The maximum absolute atomic E-state index is 12.0. The van der Waals surface area contributed by atoms with Crippen LogP contribution in [0.25, 0.3) is 5.57 Å². The third kappa shape index (κ3) is 3.39. The largest absolute Gasteiger partial charge is 0.465 e. The Morgan fingerprint density at radius 3 is 2.70 bits per heavy atom. The number of nitrogens with zero attached hydrogens (tertiary/aromatic N) is 1. The lowest BCUT2D eigenvalue weighted by Gasteiger charge is -2.47. The molecule has 2 aliphatic rings. The molecule has 0 unspecified atom stereocenters. The summed E-state index contributed by atoms with van der Waals surface area (Å²) >= 11 is 0. The highest BCUT2D eigenvalue weighted by atomic mass is 32.3. The lowest BCUT2D eigenvalue weighted by Crippen LogP contribution is -2.34. The van der Waals surface area contributed by atoms with Crippen LogP contribution < -0.4 is 4.31 Å². The van der Waals surface area contributed by atoms with E-state index in [1.54, 1.807) is 10.4 Å². The predicted octanol–water partition coefficient (Wildman–Crippen LogP) is 4.31. The van der Waals surface area contributed by atoms with Gasteiger partial charge in [-0.3, -0.25) is 13.4 Å². The van der Waals surface area contributed by atoms with E-state index in [1.807, 2.05) is 12.1 Å². The highest BCUT2D eigenvalue weighted by molar-refractivity contribution is 8.25. The summed E-state index contributed by atoms with van der Waals surface area (Å²) in [7, 11) is -1.45. The van der Waals surface area contributed by atoms with E-state index in [4.69, 9.17) is 4.74 Å². The Balaban J connectivity index is 2.04. The normalized spacial score (nSPS) is 21.7. The van der Waals surface area contributed by atoms with Crippen LogP contribution in [0.15, 0.2) is 24.3 Å².